The number of nitrogens with zero attached hydrogens (tertiary/aromatic N) is 4. The normalized spacial score (nSPS) is 10.6. The van der Waals surface area contributed by atoms with E-state index in [4.69, 9.17) is 9.47 Å². The molecule has 0 saturated carbocycles. The van der Waals surface area contributed by atoms with Crippen LogP contribution in [0.15, 0.2) is 30.3 Å². The molecule has 0 fully saturated rings. The lowest BCUT2D eigenvalue weighted by Crippen LogP contribution is -2.23. The number of nitrogens with one attached hydrogen (secondary N) is 1. The van der Waals surface area contributed by atoms with Crippen molar-refractivity contribution >= 4 is 17.9 Å². The van der Waals surface area contributed by atoms with E-state index < -0.39 is 0 Å². The molecule has 1 heterocycles. The number of carbonyl (C=O) groups excluding carboxylic acids is 1. The number of methoxy groups -OCH3 is 2. The second-order valence-electron chi connectivity index (χ2n) is 5.26. The molecule has 1 amide bonds. The lowest BCUT2D eigenvalue weighted by atomic mass is 10.2. The van der Waals surface area contributed by atoms with Crippen LogP contribution in [0.5, 0.6) is 11.8 Å². The summed E-state index contributed by atoms with van der Waals surface area (Å²) in [5, 5.41) is 2.73. The Morgan fingerprint density at radius 1 is 1.12 bits per heavy atom. The van der Waals surface area contributed by atoms with Crippen molar-refractivity contribution in [1.29, 1.82) is 0 Å². The van der Waals surface area contributed by atoms with Crippen molar-refractivity contribution in [3.8, 4) is 11.8 Å². The van der Waals surface area contributed by atoms with Gasteiger partial charge in [0.15, 0.2) is 5.82 Å². The van der Waals surface area contributed by atoms with Crippen LogP contribution >= 0.6 is 0 Å². The molecule has 8 heteroatoms. The van der Waals surface area contributed by atoms with Gasteiger partial charge in [-0.1, -0.05) is 12.1 Å². The molecule has 0 aliphatic heterocycles. The SMILES string of the molecule is COc1ccc(/C=C/C(=O)NCc2nc(OC)nc(N(C)C)n2)cc1. The Balaban J connectivity index is 1.97. The molecule has 0 atom stereocenters. The van der Waals surface area contributed by atoms with Crippen LogP contribution in [0.2, 0.25) is 0 Å². The highest BCUT2D eigenvalue weighted by atomic mass is 16.5. The fourth-order valence-corrected chi connectivity index (χ4v) is 1.87. The fourth-order valence-electron chi connectivity index (χ4n) is 1.87. The van der Waals surface area contributed by atoms with Gasteiger partial charge in [-0.2, -0.15) is 15.0 Å². The highest BCUT2D eigenvalue weighted by Gasteiger charge is 2.09. The molecule has 2 rings (SSSR count). The molecule has 1 N–H and O–H groups in total. The standard InChI is InChI=1S/C17H21N5O3/c1-22(2)16-19-14(20-17(21-16)25-4)11-18-15(23)10-7-12-5-8-13(24-3)9-6-12/h5-10H,11H2,1-4H3,(H,18,23)/b10-7+. The number of rotatable bonds is 7. The van der Waals surface area contributed by atoms with Crippen molar-refractivity contribution in [1.82, 2.24) is 20.3 Å². The molecule has 1 aromatic carbocycles. The third-order valence-electron chi connectivity index (χ3n) is 3.20. The average molecular weight is 343 g/mol. The minimum Gasteiger partial charge on any atom is -0.497 e. The monoisotopic (exact) mass is 343 g/mol. The van der Waals surface area contributed by atoms with Gasteiger partial charge in [-0.05, 0) is 23.8 Å². The average Bonchev–Trinajstić information content (AvgIpc) is 2.64. The molecule has 0 saturated heterocycles. The van der Waals surface area contributed by atoms with E-state index in [2.05, 4.69) is 20.3 Å². The minimum absolute atomic E-state index is 0.172. The first kappa shape index (κ1) is 18.2. The second kappa shape index (κ2) is 8.62. The van der Waals surface area contributed by atoms with E-state index >= 15 is 0 Å². The van der Waals surface area contributed by atoms with Crippen molar-refractivity contribution in [3.05, 3.63) is 41.7 Å². The number of hydrogen-bond acceptors (Lipinski definition) is 7. The first-order chi connectivity index (χ1) is 12.0. The van der Waals surface area contributed by atoms with Gasteiger partial charge in [0.2, 0.25) is 11.9 Å². The van der Waals surface area contributed by atoms with Crippen LogP contribution in [0.4, 0.5) is 5.95 Å². The lowest BCUT2D eigenvalue weighted by Gasteiger charge is -2.12. The molecule has 0 aliphatic rings. The summed E-state index contributed by atoms with van der Waals surface area (Å²) in [5.74, 6) is 1.40. The topological polar surface area (TPSA) is 89.5 Å². The molecule has 132 valence electrons. The van der Waals surface area contributed by atoms with Crippen LogP contribution < -0.4 is 19.7 Å². The Labute approximate surface area is 146 Å². The molecule has 8 nitrogen and oxygen atoms in total. The smallest absolute Gasteiger partial charge is 0.321 e. The van der Waals surface area contributed by atoms with Gasteiger partial charge in [-0.15, -0.1) is 0 Å². The maximum atomic E-state index is 12.0. The summed E-state index contributed by atoms with van der Waals surface area (Å²) >= 11 is 0. The first-order valence-corrected chi connectivity index (χ1v) is 7.58. The second-order valence-corrected chi connectivity index (χ2v) is 5.26. The van der Waals surface area contributed by atoms with Gasteiger partial charge in [0.1, 0.15) is 5.75 Å². The van der Waals surface area contributed by atoms with Gasteiger partial charge in [0, 0.05) is 20.2 Å². The lowest BCUT2D eigenvalue weighted by molar-refractivity contribution is -0.116. The quantitative estimate of drug-likeness (QED) is 0.758. The van der Waals surface area contributed by atoms with Crippen molar-refractivity contribution < 1.29 is 14.3 Å². The Kier molecular flexibility index (Phi) is 6.27. The first-order valence-electron chi connectivity index (χ1n) is 7.58. The predicted octanol–water partition coefficient (Wildman–Crippen LogP) is 1.28. The zero-order valence-corrected chi connectivity index (χ0v) is 14.7. The van der Waals surface area contributed by atoms with E-state index in [1.54, 1.807) is 18.1 Å². The zero-order valence-electron chi connectivity index (χ0n) is 14.7. The Bertz CT molecular complexity index is 744. The van der Waals surface area contributed by atoms with E-state index in [1.165, 1.54) is 13.2 Å². The molecule has 25 heavy (non-hydrogen) atoms. The van der Waals surface area contributed by atoms with Gasteiger partial charge >= 0.3 is 6.01 Å². The highest BCUT2D eigenvalue weighted by Crippen LogP contribution is 2.12. The van der Waals surface area contributed by atoms with Crippen molar-refractivity contribution in [2.45, 2.75) is 6.54 Å². The van der Waals surface area contributed by atoms with Crippen molar-refractivity contribution in [2.75, 3.05) is 33.2 Å². The molecule has 2 aromatic rings. The molecule has 1 aromatic heterocycles. The number of carbonyl (C=O) groups is 1. The number of benzene rings is 1. The minimum atomic E-state index is -0.249. The maximum absolute atomic E-state index is 12.0. The fraction of sp³-hybridized carbons (Fsp3) is 0.294. The number of amides is 1. The summed E-state index contributed by atoms with van der Waals surface area (Å²) in [6.45, 7) is 0.172. The van der Waals surface area contributed by atoms with Gasteiger partial charge < -0.3 is 19.7 Å². The third-order valence-corrected chi connectivity index (χ3v) is 3.20. The summed E-state index contributed by atoms with van der Waals surface area (Å²) in [4.78, 5) is 26.2. The van der Waals surface area contributed by atoms with Gasteiger partial charge in [-0.25, -0.2) is 0 Å². The third kappa shape index (κ3) is 5.45. The van der Waals surface area contributed by atoms with Crippen LogP contribution in [0.1, 0.15) is 11.4 Å². The number of ether oxygens (including phenoxy) is 2. The number of anilines is 1. The van der Waals surface area contributed by atoms with Crippen LogP contribution in [-0.4, -0.2) is 49.2 Å². The molecular weight excluding hydrogens is 322 g/mol. The van der Waals surface area contributed by atoms with Gasteiger partial charge in [-0.3, -0.25) is 4.79 Å². The molecule has 0 aliphatic carbocycles. The summed E-state index contributed by atoms with van der Waals surface area (Å²) in [6, 6.07) is 7.59. The molecular formula is C17H21N5O3. The molecule has 0 radical (unpaired) electrons. The van der Waals surface area contributed by atoms with E-state index in [-0.39, 0.29) is 18.5 Å². The molecule has 0 unspecified atom stereocenters. The summed E-state index contributed by atoms with van der Waals surface area (Å²) in [7, 11) is 6.72. The zero-order chi connectivity index (χ0) is 18.2. The van der Waals surface area contributed by atoms with Crippen LogP contribution in [0, 0.1) is 0 Å². The Hall–Kier alpha value is -3.16. The van der Waals surface area contributed by atoms with E-state index in [9.17, 15) is 4.79 Å². The van der Waals surface area contributed by atoms with E-state index in [0.29, 0.717) is 11.8 Å². The van der Waals surface area contributed by atoms with Gasteiger partial charge in [0.25, 0.3) is 0 Å². The van der Waals surface area contributed by atoms with Crippen LogP contribution in [0.3, 0.4) is 0 Å². The van der Waals surface area contributed by atoms with Crippen molar-refractivity contribution in [2.24, 2.45) is 0 Å². The largest absolute Gasteiger partial charge is 0.497 e. The predicted molar refractivity (Wildman–Crippen MR) is 94.6 cm³/mol. The van der Waals surface area contributed by atoms with Crippen LogP contribution in [0.25, 0.3) is 6.08 Å². The Morgan fingerprint density at radius 2 is 1.84 bits per heavy atom. The number of hydrogen-bond donors (Lipinski definition) is 1. The van der Waals surface area contributed by atoms with E-state index in [0.717, 1.165) is 11.3 Å². The van der Waals surface area contributed by atoms with Gasteiger partial charge in [0.05, 0.1) is 20.8 Å². The maximum Gasteiger partial charge on any atom is 0.321 e. The molecule has 0 bridgehead atoms. The van der Waals surface area contributed by atoms with Crippen molar-refractivity contribution in [3.63, 3.8) is 0 Å². The number of aromatic nitrogens is 3. The highest BCUT2D eigenvalue weighted by molar-refractivity contribution is 5.91. The van der Waals surface area contributed by atoms with Crippen LogP contribution in [-0.2, 0) is 11.3 Å². The van der Waals surface area contributed by atoms with E-state index in [1.807, 2.05) is 38.4 Å². The Morgan fingerprint density at radius 3 is 2.44 bits per heavy atom. The summed E-state index contributed by atoms with van der Waals surface area (Å²) < 4.78 is 10.1. The summed E-state index contributed by atoms with van der Waals surface area (Å²) in [6.07, 6.45) is 3.17. The summed E-state index contributed by atoms with van der Waals surface area (Å²) in [5.41, 5.74) is 0.896. The molecule has 0 spiro atoms.